The number of aromatic amines is 1. The molecular formula is C34H28FN7O. The van der Waals surface area contributed by atoms with Gasteiger partial charge in [-0.05, 0) is 47.0 Å². The van der Waals surface area contributed by atoms with E-state index < -0.39 is 5.82 Å². The van der Waals surface area contributed by atoms with Gasteiger partial charge >= 0.3 is 0 Å². The number of hydrogen-bond acceptors (Lipinski definition) is 7. The highest BCUT2D eigenvalue weighted by molar-refractivity contribution is 6.16. The normalized spacial score (nSPS) is 12.8. The largest absolute Gasteiger partial charge is 0.508 e. The Morgan fingerprint density at radius 1 is 0.884 bits per heavy atom. The molecule has 0 unspecified atom stereocenters. The maximum Gasteiger partial charge on any atom is 0.157 e. The maximum atomic E-state index is 14.1. The van der Waals surface area contributed by atoms with Crippen molar-refractivity contribution in [3.8, 4) is 28.1 Å². The number of rotatable bonds is 7. The average molecular weight is 570 g/mol. The van der Waals surface area contributed by atoms with E-state index in [0.717, 1.165) is 51.9 Å². The minimum absolute atomic E-state index is 0.137. The molecule has 0 spiro atoms. The van der Waals surface area contributed by atoms with E-state index >= 15 is 0 Å². The summed E-state index contributed by atoms with van der Waals surface area (Å²) >= 11 is 0. The van der Waals surface area contributed by atoms with E-state index in [1.807, 2.05) is 73.0 Å². The third-order valence-electron chi connectivity index (χ3n) is 7.51. The van der Waals surface area contributed by atoms with Crippen molar-refractivity contribution >= 4 is 22.4 Å². The molecule has 0 bridgehead atoms. The van der Waals surface area contributed by atoms with Crippen molar-refractivity contribution in [1.29, 1.82) is 0 Å². The number of aromatic hydroxyl groups is 1. The number of phenolic OH excluding ortho intramolecular Hbond substituents is 1. The first-order valence-corrected chi connectivity index (χ1v) is 14.0. The molecule has 0 fully saturated rings. The van der Waals surface area contributed by atoms with Gasteiger partial charge in [-0.3, -0.25) is 15.0 Å². The molecule has 0 saturated carbocycles. The summed E-state index contributed by atoms with van der Waals surface area (Å²) in [5.41, 5.74) is 9.25. The van der Waals surface area contributed by atoms with E-state index in [2.05, 4.69) is 33.5 Å². The number of halogens is 1. The van der Waals surface area contributed by atoms with E-state index in [1.165, 1.54) is 17.7 Å². The SMILES string of the molecule is CN1CN=C(c2nc3c(-c4cc(O)cc(F)c4)cccc3[nH]2)c2cc(-c3cncc(CNCc4ccccc4)c3)ncc21. The van der Waals surface area contributed by atoms with Crippen molar-refractivity contribution in [2.75, 3.05) is 18.6 Å². The number of para-hydroxylation sites is 1. The minimum atomic E-state index is -0.512. The summed E-state index contributed by atoms with van der Waals surface area (Å²) in [6.07, 6.45) is 5.55. The highest BCUT2D eigenvalue weighted by atomic mass is 19.1. The Hall–Kier alpha value is -5.41. The Morgan fingerprint density at radius 3 is 2.60 bits per heavy atom. The zero-order valence-corrected chi connectivity index (χ0v) is 23.4. The van der Waals surface area contributed by atoms with Crippen LogP contribution in [0.1, 0.15) is 22.5 Å². The van der Waals surface area contributed by atoms with Crippen molar-refractivity contribution in [2.45, 2.75) is 13.1 Å². The van der Waals surface area contributed by atoms with E-state index in [0.29, 0.717) is 35.7 Å². The third-order valence-corrected chi connectivity index (χ3v) is 7.51. The molecule has 212 valence electrons. The predicted molar refractivity (Wildman–Crippen MR) is 167 cm³/mol. The lowest BCUT2D eigenvalue weighted by molar-refractivity contribution is 0.469. The molecule has 4 heterocycles. The fourth-order valence-electron chi connectivity index (χ4n) is 5.42. The van der Waals surface area contributed by atoms with Crippen LogP contribution in [0.15, 0.2) is 102 Å². The lowest BCUT2D eigenvalue weighted by Crippen LogP contribution is -2.27. The fraction of sp³-hybridized carbons (Fsp3) is 0.118. The Labute approximate surface area is 247 Å². The van der Waals surface area contributed by atoms with Crippen LogP contribution in [0.2, 0.25) is 0 Å². The highest BCUT2D eigenvalue weighted by Crippen LogP contribution is 2.33. The summed E-state index contributed by atoms with van der Waals surface area (Å²) in [4.78, 5) is 24.5. The Kier molecular flexibility index (Phi) is 6.84. The van der Waals surface area contributed by atoms with Gasteiger partial charge in [0, 0.05) is 55.3 Å². The second-order valence-corrected chi connectivity index (χ2v) is 10.6. The van der Waals surface area contributed by atoms with Crippen molar-refractivity contribution < 1.29 is 9.50 Å². The molecule has 0 aliphatic carbocycles. The van der Waals surface area contributed by atoms with E-state index in [9.17, 15) is 9.50 Å². The van der Waals surface area contributed by atoms with Crippen LogP contribution in [-0.4, -0.2) is 44.5 Å². The third kappa shape index (κ3) is 5.33. The number of nitrogens with one attached hydrogen (secondary N) is 2. The second-order valence-electron chi connectivity index (χ2n) is 10.6. The minimum Gasteiger partial charge on any atom is -0.508 e. The Bertz CT molecular complexity index is 1970. The molecule has 6 aromatic rings. The molecule has 0 amide bonds. The number of pyridine rings is 2. The quantitative estimate of drug-likeness (QED) is 0.216. The Morgan fingerprint density at radius 2 is 1.74 bits per heavy atom. The summed E-state index contributed by atoms with van der Waals surface area (Å²) in [5.74, 6) is -0.0459. The number of benzene rings is 3. The molecule has 3 N–H and O–H groups in total. The zero-order valence-electron chi connectivity index (χ0n) is 23.4. The first-order chi connectivity index (χ1) is 21.0. The number of aromatic nitrogens is 4. The van der Waals surface area contributed by atoms with Crippen LogP contribution in [0.25, 0.3) is 33.4 Å². The molecule has 0 radical (unpaired) electrons. The number of anilines is 1. The number of hydrogen-bond donors (Lipinski definition) is 3. The van der Waals surface area contributed by atoms with Gasteiger partial charge in [0.25, 0.3) is 0 Å². The van der Waals surface area contributed by atoms with Gasteiger partial charge in [0.15, 0.2) is 5.82 Å². The van der Waals surface area contributed by atoms with Crippen LogP contribution in [0, 0.1) is 5.82 Å². The van der Waals surface area contributed by atoms with E-state index in [4.69, 9.17) is 15.0 Å². The average Bonchev–Trinajstić information content (AvgIpc) is 3.46. The molecule has 1 aliphatic heterocycles. The van der Waals surface area contributed by atoms with Crippen LogP contribution < -0.4 is 10.2 Å². The van der Waals surface area contributed by atoms with Crippen molar-refractivity contribution in [1.82, 2.24) is 25.3 Å². The topological polar surface area (TPSA) is 102 Å². The first-order valence-electron chi connectivity index (χ1n) is 14.0. The molecule has 3 aromatic carbocycles. The van der Waals surface area contributed by atoms with Gasteiger partial charge in [-0.2, -0.15) is 0 Å². The van der Waals surface area contributed by atoms with Gasteiger partial charge in [0.1, 0.15) is 23.9 Å². The fourth-order valence-corrected chi connectivity index (χ4v) is 5.42. The van der Waals surface area contributed by atoms with Crippen LogP contribution in [0.4, 0.5) is 10.1 Å². The van der Waals surface area contributed by atoms with Gasteiger partial charge in [0.2, 0.25) is 0 Å². The van der Waals surface area contributed by atoms with E-state index in [1.54, 1.807) is 0 Å². The molecule has 7 rings (SSSR count). The number of fused-ring (bicyclic) bond motifs is 2. The molecule has 1 aliphatic rings. The smallest absolute Gasteiger partial charge is 0.157 e. The molecule has 8 nitrogen and oxygen atoms in total. The molecular weight excluding hydrogens is 541 g/mol. The molecule has 43 heavy (non-hydrogen) atoms. The first kappa shape index (κ1) is 26.5. The summed E-state index contributed by atoms with van der Waals surface area (Å²) in [5, 5.41) is 13.5. The van der Waals surface area contributed by atoms with Gasteiger partial charge in [-0.1, -0.05) is 42.5 Å². The summed E-state index contributed by atoms with van der Waals surface area (Å²) in [6.45, 7) is 1.91. The molecule has 9 heteroatoms. The van der Waals surface area contributed by atoms with Crippen LogP contribution in [-0.2, 0) is 13.1 Å². The monoisotopic (exact) mass is 569 g/mol. The van der Waals surface area contributed by atoms with E-state index in [-0.39, 0.29) is 5.75 Å². The van der Waals surface area contributed by atoms with Gasteiger partial charge < -0.3 is 20.3 Å². The number of phenols is 1. The second kappa shape index (κ2) is 11.1. The predicted octanol–water partition coefficient (Wildman–Crippen LogP) is 6.07. The number of imidazole rings is 1. The van der Waals surface area contributed by atoms with Crippen LogP contribution in [0.5, 0.6) is 5.75 Å². The summed E-state index contributed by atoms with van der Waals surface area (Å²) in [6, 6.07) is 24.1. The summed E-state index contributed by atoms with van der Waals surface area (Å²) < 4.78 is 14.1. The lowest BCUT2D eigenvalue weighted by atomic mass is 10.0. The molecule has 0 saturated heterocycles. The zero-order chi connectivity index (χ0) is 29.3. The highest BCUT2D eigenvalue weighted by Gasteiger charge is 2.24. The van der Waals surface area contributed by atoms with Crippen molar-refractivity contribution in [3.63, 3.8) is 0 Å². The Balaban J connectivity index is 1.21. The molecule has 3 aromatic heterocycles. The number of H-pyrrole nitrogens is 1. The van der Waals surface area contributed by atoms with Crippen LogP contribution >= 0.6 is 0 Å². The standard InChI is InChI=1S/C34H28FN7O/c1-42-20-39-33(34-40-29-9-5-8-27(32(29)41-34)23-11-25(35)13-26(43)12-23)28-14-30(38-19-31(28)42)24-10-22(17-37-18-24)16-36-15-21-6-3-2-4-7-21/h2-14,17-19,36,43H,15-16,20H2,1H3,(H,40,41). The molecule has 0 atom stereocenters. The maximum absolute atomic E-state index is 14.1. The van der Waals surface area contributed by atoms with Gasteiger partial charge in [-0.25, -0.2) is 9.37 Å². The van der Waals surface area contributed by atoms with Crippen LogP contribution in [0.3, 0.4) is 0 Å². The summed E-state index contributed by atoms with van der Waals surface area (Å²) in [7, 11) is 1.98. The van der Waals surface area contributed by atoms with Crippen molar-refractivity contribution in [2.24, 2.45) is 4.99 Å². The van der Waals surface area contributed by atoms with Gasteiger partial charge in [-0.15, -0.1) is 0 Å². The lowest BCUT2D eigenvalue weighted by Gasteiger charge is -2.25. The van der Waals surface area contributed by atoms with Gasteiger partial charge in [0.05, 0.1) is 28.6 Å². The van der Waals surface area contributed by atoms with Crippen molar-refractivity contribution in [3.05, 3.63) is 126 Å². The number of aliphatic imine (C=N–C) groups is 1. The number of nitrogens with zero attached hydrogens (tertiary/aromatic N) is 5.